The molecule has 2 heterocycles. The molecule has 0 bridgehead atoms. The number of nitrogens with zero attached hydrogens (tertiary/aromatic N) is 4. The van der Waals surface area contributed by atoms with Gasteiger partial charge in [-0.3, -0.25) is 0 Å². The van der Waals surface area contributed by atoms with Crippen LogP contribution in [0.4, 0.5) is 5.95 Å². The molecule has 0 amide bonds. The molecule has 2 N–H and O–H groups in total. The zero-order chi connectivity index (χ0) is 12.5. The van der Waals surface area contributed by atoms with E-state index in [1.54, 1.807) is 0 Å². The number of rotatable bonds is 2. The molecule has 0 aliphatic carbocycles. The van der Waals surface area contributed by atoms with E-state index in [1.807, 2.05) is 31.2 Å². The molecule has 0 radical (unpaired) electrons. The van der Waals surface area contributed by atoms with Crippen molar-refractivity contribution in [1.29, 1.82) is 0 Å². The minimum absolute atomic E-state index is 0.275. The summed E-state index contributed by atoms with van der Waals surface area (Å²) >= 11 is 2.83. The van der Waals surface area contributed by atoms with E-state index in [9.17, 15) is 0 Å². The number of nitrogen functional groups attached to an aromatic ring is 1. The molecule has 0 unspecified atom stereocenters. The van der Waals surface area contributed by atoms with Crippen LogP contribution in [0.5, 0.6) is 0 Å². The van der Waals surface area contributed by atoms with Gasteiger partial charge in [0.1, 0.15) is 10.9 Å². The summed E-state index contributed by atoms with van der Waals surface area (Å²) in [6, 6.07) is 7.78. The third kappa shape index (κ3) is 2.14. The Labute approximate surface area is 112 Å². The molecule has 1 aromatic carbocycles. The highest BCUT2D eigenvalue weighted by atomic mass is 32.2. The van der Waals surface area contributed by atoms with Gasteiger partial charge < -0.3 is 5.73 Å². The molecule has 5 nitrogen and oxygen atoms in total. The second-order valence-corrected chi connectivity index (χ2v) is 5.60. The molecule has 0 atom stereocenters. The van der Waals surface area contributed by atoms with E-state index in [2.05, 4.69) is 19.3 Å². The van der Waals surface area contributed by atoms with E-state index in [1.165, 1.54) is 23.3 Å². The van der Waals surface area contributed by atoms with Gasteiger partial charge in [0, 0.05) is 5.39 Å². The lowest BCUT2D eigenvalue weighted by atomic mass is 10.2. The minimum Gasteiger partial charge on any atom is -0.368 e. The van der Waals surface area contributed by atoms with Gasteiger partial charge >= 0.3 is 0 Å². The normalized spacial score (nSPS) is 10.9. The predicted octanol–water partition coefficient (Wildman–Crippen LogP) is 2.52. The quantitative estimate of drug-likeness (QED) is 0.724. The molecule has 0 spiro atoms. The summed E-state index contributed by atoms with van der Waals surface area (Å²) in [6.07, 6.45) is 0. The number of fused-ring (bicyclic) bond motifs is 1. The van der Waals surface area contributed by atoms with Gasteiger partial charge in [-0.1, -0.05) is 18.2 Å². The van der Waals surface area contributed by atoms with Crippen LogP contribution in [0, 0.1) is 6.92 Å². The highest BCUT2D eigenvalue weighted by molar-refractivity contribution is 8.01. The summed E-state index contributed by atoms with van der Waals surface area (Å²) in [4.78, 5) is 12.8. The molecule has 3 rings (SSSR count). The standard InChI is InChI=1S/C11H9N5S2/c1-6-13-11(18-16-6)17-9-7-4-2-3-5-8(7)14-10(12)15-9/h2-5H,1H3,(H2,12,14,15). The first-order chi connectivity index (χ1) is 8.72. The molecule has 2 aromatic heterocycles. The lowest BCUT2D eigenvalue weighted by Crippen LogP contribution is -1.96. The van der Waals surface area contributed by atoms with Crippen LogP contribution in [0.2, 0.25) is 0 Å². The zero-order valence-corrected chi connectivity index (χ0v) is 11.1. The van der Waals surface area contributed by atoms with E-state index in [0.29, 0.717) is 0 Å². The van der Waals surface area contributed by atoms with E-state index >= 15 is 0 Å². The van der Waals surface area contributed by atoms with Gasteiger partial charge in [-0.2, -0.15) is 4.37 Å². The molecule has 7 heteroatoms. The van der Waals surface area contributed by atoms with Gasteiger partial charge in [-0.25, -0.2) is 15.0 Å². The molecular weight excluding hydrogens is 266 g/mol. The van der Waals surface area contributed by atoms with Crippen molar-refractivity contribution < 1.29 is 0 Å². The Morgan fingerprint density at radius 2 is 2.00 bits per heavy atom. The molecule has 0 saturated carbocycles. The van der Waals surface area contributed by atoms with E-state index in [4.69, 9.17) is 5.73 Å². The fourth-order valence-corrected chi connectivity index (χ4v) is 3.23. The Hall–Kier alpha value is -1.73. The van der Waals surface area contributed by atoms with Crippen LogP contribution in [-0.4, -0.2) is 19.3 Å². The molecule has 18 heavy (non-hydrogen) atoms. The lowest BCUT2D eigenvalue weighted by Gasteiger charge is -2.03. The highest BCUT2D eigenvalue weighted by Crippen LogP contribution is 2.32. The number of benzene rings is 1. The van der Waals surface area contributed by atoms with Gasteiger partial charge in [0.05, 0.1) is 5.52 Å². The van der Waals surface area contributed by atoms with E-state index in [0.717, 1.165) is 26.1 Å². The summed E-state index contributed by atoms with van der Waals surface area (Å²) in [5, 5.41) is 1.79. The first kappa shape index (κ1) is 11.4. The van der Waals surface area contributed by atoms with Crippen LogP contribution < -0.4 is 5.73 Å². The number of hydrogen-bond donors (Lipinski definition) is 1. The molecular formula is C11H9N5S2. The second-order valence-electron chi connectivity index (χ2n) is 3.61. The maximum atomic E-state index is 5.72. The largest absolute Gasteiger partial charge is 0.368 e. The van der Waals surface area contributed by atoms with Gasteiger partial charge in [0.15, 0.2) is 4.34 Å². The lowest BCUT2D eigenvalue weighted by molar-refractivity contribution is 1.08. The monoisotopic (exact) mass is 275 g/mol. The fraction of sp³-hybridized carbons (Fsp3) is 0.0909. The maximum absolute atomic E-state index is 5.72. The summed E-state index contributed by atoms with van der Waals surface area (Å²) < 4.78 is 5.01. The Balaban J connectivity index is 2.10. The Kier molecular flexibility index (Phi) is 2.85. The number of aromatic nitrogens is 4. The third-order valence-corrected chi connectivity index (χ3v) is 4.13. The average molecular weight is 275 g/mol. The van der Waals surface area contributed by atoms with E-state index < -0.39 is 0 Å². The number of nitrogens with two attached hydrogens (primary N) is 1. The van der Waals surface area contributed by atoms with E-state index in [-0.39, 0.29) is 5.95 Å². The van der Waals surface area contributed by atoms with Crippen molar-refractivity contribution in [2.24, 2.45) is 0 Å². The Bertz CT molecular complexity index is 709. The minimum atomic E-state index is 0.275. The topological polar surface area (TPSA) is 77.6 Å². The van der Waals surface area contributed by atoms with Gasteiger partial charge in [-0.05, 0) is 36.3 Å². The van der Waals surface area contributed by atoms with Crippen LogP contribution in [0.1, 0.15) is 5.82 Å². The van der Waals surface area contributed by atoms with Gasteiger partial charge in [-0.15, -0.1) is 0 Å². The van der Waals surface area contributed by atoms with Crippen LogP contribution in [0.25, 0.3) is 10.9 Å². The fourth-order valence-electron chi connectivity index (χ4n) is 1.54. The van der Waals surface area contributed by atoms with Crippen molar-refractivity contribution in [2.75, 3.05) is 5.73 Å². The second kappa shape index (κ2) is 4.51. The number of anilines is 1. The third-order valence-electron chi connectivity index (χ3n) is 2.28. The first-order valence-electron chi connectivity index (χ1n) is 5.23. The van der Waals surface area contributed by atoms with Crippen molar-refractivity contribution in [3.63, 3.8) is 0 Å². The van der Waals surface area contributed by atoms with Crippen molar-refractivity contribution in [3.8, 4) is 0 Å². The Morgan fingerprint density at radius 1 is 1.17 bits per heavy atom. The van der Waals surface area contributed by atoms with Crippen molar-refractivity contribution >= 4 is 40.1 Å². The average Bonchev–Trinajstić information content (AvgIpc) is 2.74. The molecule has 0 aliphatic heterocycles. The smallest absolute Gasteiger partial charge is 0.221 e. The van der Waals surface area contributed by atoms with Crippen molar-refractivity contribution in [1.82, 2.24) is 19.3 Å². The molecule has 0 saturated heterocycles. The van der Waals surface area contributed by atoms with Crippen LogP contribution in [-0.2, 0) is 0 Å². The van der Waals surface area contributed by atoms with Gasteiger partial charge in [0.25, 0.3) is 0 Å². The summed E-state index contributed by atoms with van der Waals surface area (Å²) in [7, 11) is 0. The maximum Gasteiger partial charge on any atom is 0.221 e. The van der Waals surface area contributed by atoms with Crippen LogP contribution in [0.15, 0.2) is 33.6 Å². The summed E-state index contributed by atoms with van der Waals surface area (Å²) in [6.45, 7) is 1.87. The predicted molar refractivity (Wildman–Crippen MR) is 72.7 cm³/mol. The van der Waals surface area contributed by atoms with Crippen molar-refractivity contribution in [2.45, 2.75) is 16.3 Å². The first-order valence-corrected chi connectivity index (χ1v) is 6.82. The molecule has 0 aliphatic rings. The van der Waals surface area contributed by atoms with Crippen LogP contribution >= 0.6 is 23.3 Å². The molecule has 90 valence electrons. The summed E-state index contributed by atoms with van der Waals surface area (Å²) in [5.74, 6) is 1.05. The Morgan fingerprint density at radius 3 is 2.78 bits per heavy atom. The highest BCUT2D eigenvalue weighted by Gasteiger charge is 2.10. The van der Waals surface area contributed by atoms with Crippen LogP contribution in [0.3, 0.4) is 0 Å². The zero-order valence-electron chi connectivity index (χ0n) is 9.49. The van der Waals surface area contributed by atoms with Gasteiger partial charge in [0.2, 0.25) is 5.95 Å². The molecule has 0 fully saturated rings. The number of para-hydroxylation sites is 1. The number of hydrogen-bond acceptors (Lipinski definition) is 7. The molecule has 3 aromatic rings. The number of aryl methyl sites for hydroxylation is 1. The summed E-state index contributed by atoms with van der Waals surface area (Å²) in [5.41, 5.74) is 6.56. The SMILES string of the molecule is Cc1nsc(Sc2nc(N)nc3ccccc23)n1. The van der Waals surface area contributed by atoms with Crippen molar-refractivity contribution in [3.05, 3.63) is 30.1 Å².